The highest BCUT2D eigenvalue weighted by atomic mass is 19.1. The third-order valence-electron chi connectivity index (χ3n) is 2.83. The summed E-state index contributed by atoms with van der Waals surface area (Å²) in [6, 6.07) is 7.98. The highest BCUT2D eigenvalue weighted by molar-refractivity contribution is 6.09. The van der Waals surface area contributed by atoms with Gasteiger partial charge >= 0.3 is 0 Å². The third kappa shape index (κ3) is 2.62. The van der Waals surface area contributed by atoms with E-state index in [1.807, 2.05) is 0 Å². The summed E-state index contributed by atoms with van der Waals surface area (Å²) in [6.07, 6.45) is 0. The Morgan fingerprint density at radius 1 is 1.00 bits per heavy atom. The first kappa shape index (κ1) is 13.2. The molecule has 2 rings (SSSR count). The van der Waals surface area contributed by atoms with Crippen molar-refractivity contribution in [3.8, 4) is 5.75 Å². The van der Waals surface area contributed by atoms with Gasteiger partial charge in [0.2, 0.25) is 0 Å². The molecule has 0 unspecified atom stereocenters. The molecule has 19 heavy (non-hydrogen) atoms. The van der Waals surface area contributed by atoms with E-state index >= 15 is 0 Å². The van der Waals surface area contributed by atoms with E-state index in [1.54, 1.807) is 6.92 Å². The second-order valence-corrected chi connectivity index (χ2v) is 4.14. The number of rotatable bonds is 3. The van der Waals surface area contributed by atoms with Crippen LogP contribution in [-0.4, -0.2) is 12.9 Å². The van der Waals surface area contributed by atoms with Gasteiger partial charge in [-0.05, 0) is 48.9 Å². The smallest absolute Gasteiger partial charge is 0.193 e. The summed E-state index contributed by atoms with van der Waals surface area (Å²) >= 11 is 0. The molecule has 2 aromatic rings. The maximum Gasteiger partial charge on any atom is 0.193 e. The van der Waals surface area contributed by atoms with E-state index in [0.717, 1.165) is 0 Å². The maximum atomic E-state index is 13.3. The molecule has 0 atom stereocenters. The lowest BCUT2D eigenvalue weighted by Crippen LogP contribution is -2.03. The molecule has 0 spiro atoms. The molecule has 0 fully saturated rings. The average molecular weight is 262 g/mol. The number of hydrogen-bond donors (Lipinski definition) is 0. The zero-order valence-electron chi connectivity index (χ0n) is 10.5. The molecule has 2 aromatic carbocycles. The van der Waals surface area contributed by atoms with Gasteiger partial charge < -0.3 is 4.74 Å². The van der Waals surface area contributed by atoms with Gasteiger partial charge in [-0.25, -0.2) is 8.78 Å². The van der Waals surface area contributed by atoms with Gasteiger partial charge in [-0.2, -0.15) is 0 Å². The Hall–Kier alpha value is -2.23. The van der Waals surface area contributed by atoms with E-state index in [0.29, 0.717) is 16.7 Å². The van der Waals surface area contributed by atoms with Crippen molar-refractivity contribution in [2.24, 2.45) is 0 Å². The molecule has 0 heterocycles. The quantitative estimate of drug-likeness (QED) is 0.791. The standard InChI is InChI=1S/C15H12F2O2/c1-9-7-10(3-5-12(9)16)15(18)11-4-6-13(17)14(8-11)19-2/h3-8H,1-2H3. The van der Waals surface area contributed by atoms with E-state index in [4.69, 9.17) is 4.74 Å². The highest BCUT2D eigenvalue weighted by Crippen LogP contribution is 2.21. The van der Waals surface area contributed by atoms with Gasteiger partial charge in [0.25, 0.3) is 0 Å². The summed E-state index contributed by atoms with van der Waals surface area (Å²) in [7, 11) is 1.33. The van der Waals surface area contributed by atoms with Crippen molar-refractivity contribution in [3.63, 3.8) is 0 Å². The fraction of sp³-hybridized carbons (Fsp3) is 0.133. The van der Waals surface area contributed by atoms with E-state index < -0.39 is 5.82 Å². The predicted octanol–water partition coefficient (Wildman–Crippen LogP) is 3.51. The molecule has 0 saturated heterocycles. The maximum absolute atomic E-state index is 13.3. The topological polar surface area (TPSA) is 26.3 Å². The fourth-order valence-electron chi connectivity index (χ4n) is 1.75. The van der Waals surface area contributed by atoms with Crippen molar-refractivity contribution in [1.82, 2.24) is 0 Å². The van der Waals surface area contributed by atoms with Gasteiger partial charge in [-0.1, -0.05) is 0 Å². The van der Waals surface area contributed by atoms with Crippen LogP contribution in [0.3, 0.4) is 0 Å². The van der Waals surface area contributed by atoms with E-state index in [2.05, 4.69) is 0 Å². The molecule has 0 aromatic heterocycles. The average Bonchev–Trinajstić information content (AvgIpc) is 2.41. The third-order valence-corrected chi connectivity index (χ3v) is 2.83. The van der Waals surface area contributed by atoms with Gasteiger partial charge in [0, 0.05) is 11.1 Å². The normalized spacial score (nSPS) is 10.3. The Morgan fingerprint density at radius 3 is 2.16 bits per heavy atom. The Labute approximate surface area is 109 Å². The lowest BCUT2D eigenvalue weighted by Gasteiger charge is -2.06. The number of ketones is 1. The summed E-state index contributed by atoms with van der Waals surface area (Å²) in [6.45, 7) is 1.58. The first-order valence-electron chi connectivity index (χ1n) is 5.67. The van der Waals surface area contributed by atoms with E-state index in [-0.39, 0.29) is 17.3 Å². The van der Waals surface area contributed by atoms with Crippen LogP contribution in [0.5, 0.6) is 5.75 Å². The molecule has 0 saturated carbocycles. The molecular formula is C15H12F2O2. The SMILES string of the molecule is COc1cc(C(=O)c2ccc(F)c(C)c2)ccc1F. The molecule has 0 bridgehead atoms. The first-order chi connectivity index (χ1) is 9.02. The summed E-state index contributed by atoms with van der Waals surface area (Å²) < 4.78 is 31.2. The molecule has 0 aliphatic rings. The molecular weight excluding hydrogens is 250 g/mol. The van der Waals surface area contributed by atoms with E-state index in [1.165, 1.54) is 43.5 Å². The zero-order valence-corrected chi connectivity index (χ0v) is 10.5. The van der Waals surface area contributed by atoms with Crippen molar-refractivity contribution in [1.29, 1.82) is 0 Å². The number of carbonyl (C=O) groups excluding carboxylic acids is 1. The Balaban J connectivity index is 2.41. The monoisotopic (exact) mass is 262 g/mol. The van der Waals surface area contributed by atoms with Gasteiger partial charge in [0.05, 0.1) is 7.11 Å². The minimum Gasteiger partial charge on any atom is -0.494 e. The summed E-state index contributed by atoms with van der Waals surface area (Å²) in [5, 5.41) is 0. The second-order valence-electron chi connectivity index (χ2n) is 4.14. The molecule has 2 nitrogen and oxygen atoms in total. The number of aryl methyl sites for hydroxylation is 1. The minimum absolute atomic E-state index is 0.00434. The van der Waals surface area contributed by atoms with E-state index in [9.17, 15) is 13.6 Å². The lowest BCUT2D eigenvalue weighted by molar-refractivity contribution is 0.103. The van der Waals surface area contributed by atoms with Crippen molar-refractivity contribution in [2.45, 2.75) is 6.92 Å². The second kappa shape index (κ2) is 5.18. The minimum atomic E-state index is -0.533. The van der Waals surface area contributed by atoms with Crippen LogP contribution >= 0.6 is 0 Å². The zero-order chi connectivity index (χ0) is 14.0. The number of benzene rings is 2. The van der Waals surface area contributed by atoms with Crippen LogP contribution in [0.4, 0.5) is 8.78 Å². The molecule has 0 radical (unpaired) electrons. The predicted molar refractivity (Wildman–Crippen MR) is 67.5 cm³/mol. The van der Waals surface area contributed by atoms with Crippen LogP contribution in [0.25, 0.3) is 0 Å². The summed E-state index contributed by atoms with van der Waals surface area (Å²) in [4.78, 5) is 12.2. The molecule has 0 aliphatic heterocycles. The number of halogens is 2. The number of methoxy groups -OCH3 is 1. The van der Waals surface area contributed by atoms with Crippen LogP contribution in [0.15, 0.2) is 36.4 Å². The summed E-state index contributed by atoms with van der Waals surface area (Å²) in [5.74, 6) is -1.20. The number of hydrogen-bond acceptors (Lipinski definition) is 2. The van der Waals surface area contributed by atoms with Crippen molar-refractivity contribution >= 4 is 5.78 Å². The fourth-order valence-corrected chi connectivity index (χ4v) is 1.75. The summed E-state index contributed by atoms with van der Waals surface area (Å²) in [5.41, 5.74) is 1.04. The Bertz CT molecular complexity index is 636. The van der Waals surface area contributed by atoms with Gasteiger partial charge in [0.1, 0.15) is 5.82 Å². The van der Waals surface area contributed by atoms with Crippen LogP contribution in [0.2, 0.25) is 0 Å². The van der Waals surface area contributed by atoms with Crippen LogP contribution < -0.4 is 4.74 Å². The van der Waals surface area contributed by atoms with Crippen LogP contribution in [0.1, 0.15) is 21.5 Å². The van der Waals surface area contributed by atoms with Crippen LogP contribution in [-0.2, 0) is 0 Å². The molecule has 4 heteroatoms. The Kier molecular flexibility index (Phi) is 3.60. The first-order valence-corrected chi connectivity index (χ1v) is 5.67. The number of ether oxygens (including phenoxy) is 1. The molecule has 0 amide bonds. The largest absolute Gasteiger partial charge is 0.494 e. The molecule has 0 aliphatic carbocycles. The van der Waals surface area contributed by atoms with Crippen molar-refractivity contribution in [3.05, 3.63) is 64.7 Å². The van der Waals surface area contributed by atoms with Gasteiger partial charge in [0.15, 0.2) is 17.3 Å². The van der Waals surface area contributed by atoms with Crippen molar-refractivity contribution < 1.29 is 18.3 Å². The lowest BCUT2D eigenvalue weighted by atomic mass is 10.0. The Morgan fingerprint density at radius 2 is 1.58 bits per heavy atom. The van der Waals surface area contributed by atoms with Gasteiger partial charge in [-0.3, -0.25) is 4.79 Å². The van der Waals surface area contributed by atoms with Crippen molar-refractivity contribution in [2.75, 3.05) is 7.11 Å². The molecule has 98 valence electrons. The highest BCUT2D eigenvalue weighted by Gasteiger charge is 2.13. The van der Waals surface area contributed by atoms with Gasteiger partial charge in [-0.15, -0.1) is 0 Å². The van der Waals surface area contributed by atoms with Crippen LogP contribution in [0, 0.1) is 18.6 Å². The molecule has 0 N–H and O–H groups in total. The number of carbonyl (C=O) groups is 1.